The fraction of sp³-hybridized carbons (Fsp3) is 0.455. The molecular formula is C22H26N4O3S2. The summed E-state index contributed by atoms with van der Waals surface area (Å²) in [6.45, 7) is 1.00. The van der Waals surface area contributed by atoms with Crippen LogP contribution in [0.1, 0.15) is 31.2 Å². The normalized spacial score (nSPS) is 24.0. The van der Waals surface area contributed by atoms with Crippen LogP contribution in [0.2, 0.25) is 0 Å². The molecule has 9 heteroatoms. The van der Waals surface area contributed by atoms with Gasteiger partial charge in [-0.1, -0.05) is 23.5 Å². The molecular weight excluding hydrogens is 432 g/mol. The molecule has 7 nitrogen and oxygen atoms in total. The van der Waals surface area contributed by atoms with Crippen molar-refractivity contribution in [3.8, 4) is 10.9 Å². The average molecular weight is 459 g/mol. The Labute approximate surface area is 186 Å². The van der Waals surface area contributed by atoms with Crippen LogP contribution < -0.4 is 9.46 Å². The first-order valence-electron chi connectivity index (χ1n) is 10.6. The van der Waals surface area contributed by atoms with E-state index in [0.717, 1.165) is 54.7 Å². The van der Waals surface area contributed by atoms with Crippen LogP contribution in [0.4, 0.5) is 0 Å². The third-order valence-electron chi connectivity index (χ3n) is 6.20. The van der Waals surface area contributed by atoms with E-state index in [4.69, 9.17) is 4.74 Å². The molecule has 1 unspecified atom stereocenters. The Balaban J connectivity index is 1.16. The number of piperidine rings is 1. The van der Waals surface area contributed by atoms with Crippen molar-refractivity contribution in [3.05, 3.63) is 48.2 Å². The van der Waals surface area contributed by atoms with Crippen molar-refractivity contribution in [2.24, 2.45) is 0 Å². The number of fused-ring (bicyclic) bond motifs is 3. The molecule has 3 atom stereocenters. The summed E-state index contributed by atoms with van der Waals surface area (Å²) in [6, 6.07) is 13.1. The third kappa shape index (κ3) is 4.90. The van der Waals surface area contributed by atoms with Crippen molar-refractivity contribution < 1.29 is 13.2 Å². The van der Waals surface area contributed by atoms with Gasteiger partial charge in [-0.05, 0) is 61.9 Å². The molecule has 3 aromatic rings. The minimum atomic E-state index is -3.14. The van der Waals surface area contributed by atoms with Crippen molar-refractivity contribution in [3.63, 3.8) is 0 Å². The Bertz CT molecular complexity index is 1120. The number of nitrogens with zero attached hydrogens (tertiary/aromatic N) is 3. The summed E-state index contributed by atoms with van der Waals surface area (Å²) in [5.41, 5.74) is 2.12. The van der Waals surface area contributed by atoms with Crippen LogP contribution in [-0.4, -0.2) is 54.2 Å². The van der Waals surface area contributed by atoms with Crippen molar-refractivity contribution in [2.75, 3.05) is 12.8 Å². The fourth-order valence-corrected chi connectivity index (χ4v) is 6.49. The topological polar surface area (TPSA) is 84.4 Å². The molecule has 0 saturated carbocycles. The van der Waals surface area contributed by atoms with Crippen LogP contribution in [0.25, 0.3) is 10.3 Å². The van der Waals surface area contributed by atoms with Crippen molar-refractivity contribution in [1.29, 1.82) is 0 Å². The molecule has 0 aliphatic carbocycles. The summed E-state index contributed by atoms with van der Waals surface area (Å²) in [5.74, 6) is 0.774. The highest BCUT2D eigenvalue weighted by Gasteiger charge is 2.40. The highest BCUT2D eigenvalue weighted by molar-refractivity contribution is 7.88. The van der Waals surface area contributed by atoms with Gasteiger partial charge in [0.2, 0.25) is 10.0 Å². The van der Waals surface area contributed by atoms with Crippen LogP contribution in [0, 0.1) is 0 Å². The standard InChI is InChI=1S/C22H26N4O3S2/c1-31(27,28)25-16-13-17-6-7-18(14-16)26(17)12-10-15-4-8-19(9-5-15)29-22-24-20-3-2-11-23-21(20)30-22/h2-5,8-9,11,16-18,25H,6-7,10,12-14H2,1H3/t16-,17-,18?/m0/s1. The number of nitrogens with one attached hydrogen (secondary N) is 1. The lowest BCUT2D eigenvalue weighted by Gasteiger charge is -2.39. The first kappa shape index (κ1) is 20.8. The summed E-state index contributed by atoms with van der Waals surface area (Å²) in [4.78, 5) is 12.2. The number of sulfonamides is 1. The second-order valence-corrected chi connectivity index (χ2v) is 11.2. The lowest BCUT2D eigenvalue weighted by atomic mass is 9.97. The first-order valence-corrected chi connectivity index (χ1v) is 13.4. The number of aromatic nitrogens is 2. The summed E-state index contributed by atoms with van der Waals surface area (Å²) in [5, 5.41) is 0.601. The highest BCUT2D eigenvalue weighted by Crippen LogP contribution is 2.36. The maximum atomic E-state index is 11.6. The zero-order chi connectivity index (χ0) is 21.4. The van der Waals surface area contributed by atoms with E-state index < -0.39 is 10.0 Å². The molecule has 2 aliphatic heterocycles. The zero-order valence-electron chi connectivity index (χ0n) is 17.4. The van der Waals surface area contributed by atoms with Gasteiger partial charge in [0.1, 0.15) is 16.1 Å². The van der Waals surface area contributed by atoms with Crippen molar-refractivity contribution >= 4 is 31.7 Å². The number of benzene rings is 1. The smallest absolute Gasteiger partial charge is 0.281 e. The molecule has 0 spiro atoms. The summed E-state index contributed by atoms with van der Waals surface area (Å²) >= 11 is 1.44. The molecule has 2 fully saturated rings. The number of pyridine rings is 1. The maximum absolute atomic E-state index is 11.6. The molecule has 2 aromatic heterocycles. The summed E-state index contributed by atoms with van der Waals surface area (Å²) in [7, 11) is -3.14. The van der Waals surface area contributed by atoms with Crippen LogP contribution >= 0.6 is 11.3 Å². The Morgan fingerprint density at radius 1 is 1.16 bits per heavy atom. The lowest BCUT2D eigenvalue weighted by Crippen LogP contribution is -2.50. The van der Waals surface area contributed by atoms with E-state index >= 15 is 0 Å². The molecule has 1 N–H and O–H groups in total. The third-order valence-corrected chi connectivity index (χ3v) is 7.82. The molecule has 0 radical (unpaired) electrons. The van der Waals surface area contributed by atoms with Gasteiger partial charge in [0.05, 0.1) is 6.26 Å². The zero-order valence-corrected chi connectivity index (χ0v) is 19.0. The molecule has 4 heterocycles. The molecule has 31 heavy (non-hydrogen) atoms. The van der Waals surface area contributed by atoms with Gasteiger partial charge in [0.15, 0.2) is 0 Å². The van der Waals surface area contributed by atoms with E-state index in [0.29, 0.717) is 17.3 Å². The summed E-state index contributed by atoms with van der Waals surface area (Å²) < 4.78 is 31.9. The lowest BCUT2D eigenvalue weighted by molar-refractivity contribution is 0.125. The second kappa shape index (κ2) is 8.46. The molecule has 0 amide bonds. The van der Waals surface area contributed by atoms with E-state index in [9.17, 15) is 8.42 Å². The van der Waals surface area contributed by atoms with Crippen LogP contribution in [0.15, 0.2) is 42.6 Å². The largest absolute Gasteiger partial charge is 0.431 e. The monoisotopic (exact) mass is 458 g/mol. The maximum Gasteiger partial charge on any atom is 0.281 e. The van der Waals surface area contributed by atoms with Crippen molar-refractivity contribution in [1.82, 2.24) is 19.6 Å². The Morgan fingerprint density at radius 3 is 2.58 bits per heavy atom. The van der Waals surface area contributed by atoms with Gasteiger partial charge in [-0.25, -0.2) is 23.1 Å². The molecule has 2 bridgehead atoms. The van der Waals surface area contributed by atoms with E-state index in [1.54, 1.807) is 6.20 Å². The van der Waals surface area contributed by atoms with E-state index in [-0.39, 0.29) is 6.04 Å². The Kier molecular flexibility index (Phi) is 5.68. The number of ether oxygens (including phenoxy) is 1. The van der Waals surface area contributed by atoms with Gasteiger partial charge in [0, 0.05) is 30.9 Å². The molecule has 1 aromatic carbocycles. The predicted molar refractivity (Wildman–Crippen MR) is 122 cm³/mol. The van der Waals surface area contributed by atoms with Gasteiger partial charge in [-0.3, -0.25) is 4.90 Å². The van der Waals surface area contributed by atoms with Gasteiger partial charge in [0.25, 0.3) is 5.19 Å². The van der Waals surface area contributed by atoms with E-state index in [1.807, 2.05) is 24.3 Å². The molecule has 164 valence electrons. The van der Waals surface area contributed by atoms with E-state index in [1.165, 1.54) is 23.2 Å². The summed E-state index contributed by atoms with van der Waals surface area (Å²) in [6.07, 6.45) is 8.13. The SMILES string of the molecule is CS(=O)(=O)N[C@@H]1CC2CC[C@@H](C1)N2CCc1ccc(Oc2nc3cccnc3s2)cc1. The van der Waals surface area contributed by atoms with Gasteiger partial charge < -0.3 is 4.74 Å². The number of hydrogen-bond donors (Lipinski definition) is 1. The van der Waals surface area contributed by atoms with Crippen LogP contribution in [0.3, 0.4) is 0 Å². The highest BCUT2D eigenvalue weighted by atomic mass is 32.2. The Hall–Kier alpha value is -2.07. The molecule has 5 rings (SSSR count). The van der Waals surface area contributed by atoms with Gasteiger partial charge in [-0.15, -0.1) is 0 Å². The number of thiazole rings is 1. The number of rotatable bonds is 7. The average Bonchev–Trinajstić information content (AvgIpc) is 3.23. The van der Waals surface area contributed by atoms with Crippen LogP contribution in [0.5, 0.6) is 10.9 Å². The molecule has 2 aliphatic rings. The quantitative estimate of drug-likeness (QED) is 0.583. The number of hydrogen-bond acceptors (Lipinski definition) is 7. The Morgan fingerprint density at radius 2 is 1.90 bits per heavy atom. The van der Waals surface area contributed by atoms with E-state index in [2.05, 4.69) is 31.7 Å². The minimum absolute atomic E-state index is 0.0814. The fourth-order valence-electron chi connectivity index (χ4n) is 4.92. The van der Waals surface area contributed by atoms with Gasteiger partial charge in [-0.2, -0.15) is 0 Å². The van der Waals surface area contributed by atoms with Crippen molar-refractivity contribution in [2.45, 2.75) is 50.2 Å². The minimum Gasteiger partial charge on any atom is -0.431 e. The van der Waals surface area contributed by atoms with Crippen LogP contribution in [-0.2, 0) is 16.4 Å². The van der Waals surface area contributed by atoms with Gasteiger partial charge >= 0.3 is 0 Å². The second-order valence-electron chi connectivity index (χ2n) is 8.48. The molecule has 2 saturated heterocycles. The first-order chi connectivity index (χ1) is 14.9. The predicted octanol–water partition coefficient (Wildman–Crippen LogP) is 3.57.